The van der Waals surface area contributed by atoms with Crippen LogP contribution in [0.5, 0.6) is 0 Å². The molecule has 1 fully saturated rings. The maximum Gasteiger partial charge on any atom is 0.148 e. The highest BCUT2D eigenvalue weighted by atomic mass is 35.5. The van der Waals surface area contributed by atoms with Crippen molar-refractivity contribution in [1.29, 1.82) is 0 Å². The Bertz CT molecular complexity index is 329. The normalized spacial score (nSPS) is 26.3. The molecule has 2 rings (SSSR count). The second kappa shape index (κ2) is 4.79. The monoisotopic (exact) mass is 225 g/mol. The quantitative estimate of drug-likeness (QED) is 0.841. The van der Waals surface area contributed by atoms with Gasteiger partial charge in [-0.1, -0.05) is 31.4 Å². The molecule has 0 saturated heterocycles. The van der Waals surface area contributed by atoms with Gasteiger partial charge in [0, 0.05) is 6.04 Å². The van der Waals surface area contributed by atoms with Crippen LogP contribution in [0.1, 0.15) is 32.6 Å². The van der Waals surface area contributed by atoms with Crippen LogP contribution in [0.3, 0.4) is 0 Å². The Labute approximate surface area is 95.3 Å². The van der Waals surface area contributed by atoms with Crippen LogP contribution in [0.4, 0.5) is 5.82 Å². The van der Waals surface area contributed by atoms with Crippen molar-refractivity contribution in [1.82, 2.24) is 9.97 Å². The first-order valence-corrected chi connectivity index (χ1v) is 5.85. The maximum atomic E-state index is 5.99. The van der Waals surface area contributed by atoms with Gasteiger partial charge in [-0.2, -0.15) is 0 Å². The predicted molar refractivity (Wildman–Crippen MR) is 62.1 cm³/mol. The molecule has 2 unspecified atom stereocenters. The third-order valence-corrected chi connectivity index (χ3v) is 3.22. The molecule has 2 atom stereocenters. The molecule has 3 nitrogen and oxygen atoms in total. The fourth-order valence-corrected chi connectivity index (χ4v) is 2.34. The Morgan fingerprint density at radius 3 is 3.07 bits per heavy atom. The van der Waals surface area contributed by atoms with Gasteiger partial charge in [0.25, 0.3) is 0 Å². The highest BCUT2D eigenvalue weighted by Gasteiger charge is 2.19. The topological polar surface area (TPSA) is 37.8 Å². The van der Waals surface area contributed by atoms with Gasteiger partial charge in [-0.25, -0.2) is 9.97 Å². The minimum absolute atomic E-state index is 0.515. The lowest BCUT2D eigenvalue weighted by Gasteiger charge is -2.27. The summed E-state index contributed by atoms with van der Waals surface area (Å²) in [5.41, 5.74) is 0. The summed E-state index contributed by atoms with van der Waals surface area (Å²) in [4.78, 5) is 8.01. The third-order valence-electron chi connectivity index (χ3n) is 2.94. The van der Waals surface area contributed by atoms with Gasteiger partial charge in [-0.05, 0) is 18.8 Å². The molecule has 82 valence electrons. The van der Waals surface area contributed by atoms with E-state index in [1.54, 1.807) is 6.20 Å². The first-order valence-electron chi connectivity index (χ1n) is 5.47. The molecule has 0 aromatic carbocycles. The van der Waals surface area contributed by atoms with E-state index in [-0.39, 0.29) is 0 Å². The third kappa shape index (κ3) is 2.81. The van der Waals surface area contributed by atoms with E-state index in [4.69, 9.17) is 11.6 Å². The highest BCUT2D eigenvalue weighted by Crippen LogP contribution is 2.27. The second-order valence-electron chi connectivity index (χ2n) is 4.33. The number of halogens is 1. The molecule has 15 heavy (non-hydrogen) atoms. The number of nitrogens with one attached hydrogen (secondary N) is 1. The van der Waals surface area contributed by atoms with Gasteiger partial charge in [0.15, 0.2) is 0 Å². The van der Waals surface area contributed by atoms with Crippen LogP contribution in [-0.2, 0) is 0 Å². The Balaban J connectivity index is 1.99. The fraction of sp³-hybridized carbons (Fsp3) is 0.636. The first-order chi connectivity index (χ1) is 7.25. The van der Waals surface area contributed by atoms with Gasteiger partial charge in [-0.3, -0.25) is 0 Å². The van der Waals surface area contributed by atoms with E-state index in [9.17, 15) is 0 Å². The SMILES string of the molecule is CC1CCCC(Nc2ncncc2Cl)C1. The molecule has 1 aliphatic carbocycles. The number of rotatable bonds is 2. The summed E-state index contributed by atoms with van der Waals surface area (Å²) in [6.07, 6.45) is 8.21. The summed E-state index contributed by atoms with van der Waals surface area (Å²) in [5.74, 6) is 1.57. The lowest BCUT2D eigenvalue weighted by Crippen LogP contribution is -2.26. The largest absolute Gasteiger partial charge is 0.366 e. The van der Waals surface area contributed by atoms with E-state index >= 15 is 0 Å². The summed E-state index contributed by atoms with van der Waals surface area (Å²) in [6, 6.07) is 0.515. The van der Waals surface area contributed by atoms with Gasteiger partial charge < -0.3 is 5.32 Å². The minimum Gasteiger partial charge on any atom is -0.366 e. The van der Waals surface area contributed by atoms with Crippen molar-refractivity contribution in [2.45, 2.75) is 38.6 Å². The average Bonchev–Trinajstić information content (AvgIpc) is 2.22. The molecule has 0 radical (unpaired) electrons. The molecule has 0 bridgehead atoms. The van der Waals surface area contributed by atoms with Crippen LogP contribution >= 0.6 is 11.6 Å². The Kier molecular flexibility index (Phi) is 3.41. The maximum absolute atomic E-state index is 5.99. The summed E-state index contributed by atoms with van der Waals surface area (Å²) in [6.45, 7) is 2.30. The van der Waals surface area contributed by atoms with Gasteiger partial charge in [-0.15, -0.1) is 0 Å². The number of hydrogen-bond acceptors (Lipinski definition) is 3. The lowest BCUT2D eigenvalue weighted by atomic mass is 9.87. The molecule has 1 aliphatic rings. The molecule has 4 heteroatoms. The molecule has 0 spiro atoms. The fourth-order valence-electron chi connectivity index (χ4n) is 2.18. The van der Waals surface area contributed by atoms with Crippen molar-refractivity contribution in [3.63, 3.8) is 0 Å². The summed E-state index contributed by atoms with van der Waals surface area (Å²) in [7, 11) is 0. The summed E-state index contributed by atoms with van der Waals surface area (Å²) in [5, 5.41) is 4.00. The van der Waals surface area contributed by atoms with Crippen LogP contribution in [0.2, 0.25) is 5.02 Å². The van der Waals surface area contributed by atoms with Crippen LogP contribution in [0, 0.1) is 5.92 Å². The van der Waals surface area contributed by atoms with E-state index in [2.05, 4.69) is 22.2 Å². The van der Waals surface area contributed by atoms with Crippen LogP contribution < -0.4 is 5.32 Å². The number of hydrogen-bond donors (Lipinski definition) is 1. The van der Waals surface area contributed by atoms with Crippen molar-refractivity contribution in [2.24, 2.45) is 5.92 Å². The van der Waals surface area contributed by atoms with E-state index in [1.807, 2.05) is 0 Å². The van der Waals surface area contributed by atoms with Gasteiger partial charge >= 0.3 is 0 Å². The molecular weight excluding hydrogens is 210 g/mol. The van der Waals surface area contributed by atoms with Crippen LogP contribution in [0.25, 0.3) is 0 Å². The van der Waals surface area contributed by atoms with Crippen molar-refractivity contribution in [3.8, 4) is 0 Å². The van der Waals surface area contributed by atoms with Crippen molar-refractivity contribution in [3.05, 3.63) is 17.5 Å². The van der Waals surface area contributed by atoms with E-state index in [0.717, 1.165) is 11.7 Å². The smallest absolute Gasteiger partial charge is 0.148 e. The molecule has 1 heterocycles. The zero-order chi connectivity index (χ0) is 10.7. The Morgan fingerprint density at radius 2 is 2.33 bits per heavy atom. The Morgan fingerprint density at radius 1 is 1.47 bits per heavy atom. The molecule has 1 aromatic heterocycles. The van der Waals surface area contributed by atoms with Crippen LogP contribution in [-0.4, -0.2) is 16.0 Å². The van der Waals surface area contributed by atoms with Crippen molar-refractivity contribution in [2.75, 3.05) is 5.32 Å². The summed E-state index contributed by atoms with van der Waals surface area (Å²) >= 11 is 5.99. The zero-order valence-corrected chi connectivity index (χ0v) is 9.67. The van der Waals surface area contributed by atoms with Gasteiger partial charge in [0.05, 0.1) is 6.20 Å². The molecule has 1 N–H and O–H groups in total. The van der Waals surface area contributed by atoms with Gasteiger partial charge in [0.2, 0.25) is 0 Å². The number of aromatic nitrogens is 2. The van der Waals surface area contributed by atoms with E-state index in [1.165, 1.54) is 32.0 Å². The van der Waals surface area contributed by atoms with Crippen molar-refractivity contribution >= 4 is 17.4 Å². The summed E-state index contributed by atoms with van der Waals surface area (Å²) < 4.78 is 0. The van der Waals surface area contributed by atoms with E-state index < -0.39 is 0 Å². The highest BCUT2D eigenvalue weighted by molar-refractivity contribution is 6.32. The Hall–Kier alpha value is -0.830. The second-order valence-corrected chi connectivity index (χ2v) is 4.74. The molecule has 1 saturated carbocycles. The molecule has 0 aliphatic heterocycles. The number of nitrogens with zero attached hydrogens (tertiary/aromatic N) is 2. The van der Waals surface area contributed by atoms with E-state index in [0.29, 0.717) is 11.1 Å². The van der Waals surface area contributed by atoms with Gasteiger partial charge in [0.1, 0.15) is 17.2 Å². The molecule has 0 amide bonds. The predicted octanol–water partition coefficient (Wildman–Crippen LogP) is 3.12. The lowest BCUT2D eigenvalue weighted by molar-refractivity contribution is 0.358. The average molecular weight is 226 g/mol. The van der Waals surface area contributed by atoms with Crippen LogP contribution in [0.15, 0.2) is 12.5 Å². The molecule has 1 aromatic rings. The zero-order valence-electron chi connectivity index (χ0n) is 8.91. The first kappa shape index (κ1) is 10.7. The number of anilines is 1. The van der Waals surface area contributed by atoms with Crippen molar-refractivity contribution < 1.29 is 0 Å². The minimum atomic E-state index is 0.515. The molecular formula is C11H16ClN3. The standard InChI is InChI=1S/C11H16ClN3/c1-8-3-2-4-9(5-8)15-11-10(12)6-13-7-14-11/h6-9H,2-5H2,1H3,(H,13,14,15).